The maximum absolute atomic E-state index is 11.5. The molecule has 0 saturated heterocycles. The van der Waals surface area contributed by atoms with Gasteiger partial charge in [-0.3, -0.25) is 4.79 Å². The highest BCUT2D eigenvalue weighted by molar-refractivity contribution is 7.92. The summed E-state index contributed by atoms with van der Waals surface area (Å²) >= 11 is 0. The van der Waals surface area contributed by atoms with Crippen LogP contribution in [-0.2, 0) is 14.6 Å². The van der Waals surface area contributed by atoms with E-state index in [1.54, 1.807) is 0 Å². The molecule has 0 fully saturated rings. The second kappa shape index (κ2) is 7.66. The lowest BCUT2D eigenvalue weighted by Gasteiger charge is -2.13. The van der Waals surface area contributed by atoms with E-state index in [0.29, 0.717) is 6.54 Å². The first-order valence-electron chi connectivity index (χ1n) is 5.97. The number of carbonyl (C=O) groups excluding carboxylic acids is 1. The van der Waals surface area contributed by atoms with Gasteiger partial charge in [0.15, 0.2) is 9.84 Å². The number of likely N-dealkylation sites (N-methyl/N-ethyl adjacent to an activating group) is 1. The number of amides is 1. The first-order chi connectivity index (χ1) is 7.76. The van der Waals surface area contributed by atoms with Crippen molar-refractivity contribution >= 4 is 15.7 Å². The van der Waals surface area contributed by atoms with Crippen LogP contribution in [0.2, 0.25) is 0 Å². The molecule has 0 bridgehead atoms. The Balaban J connectivity index is 4.02. The van der Waals surface area contributed by atoms with Crippen molar-refractivity contribution < 1.29 is 13.2 Å². The normalized spacial score (nSPS) is 13.7. The second-order valence-corrected chi connectivity index (χ2v) is 6.82. The first-order valence-corrected chi connectivity index (χ1v) is 7.79. The molecule has 0 rings (SSSR count). The van der Waals surface area contributed by atoms with Crippen molar-refractivity contribution in [2.24, 2.45) is 5.92 Å². The largest absolute Gasteiger partial charge is 0.354 e. The fourth-order valence-electron chi connectivity index (χ4n) is 1.51. The molecule has 0 aromatic rings. The topological polar surface area (TPSA) is 75.3 Å². The van der Waals surface area contributed by atoms with Gasteiger partial charge in [-0.05, 0) is 19.4 Å². The Morgan fingerprint density at radius 1 is 1.24 bits per heavy atom. The fourth-order valence-corrected chi connectivity index (χ4v) is 3.14. The molecule has 0 spiro atoms. The Bertz CT molecular complexity index is 326. The molecule has 1 atom stereocenters. The van der Waals surface area contributed by atoms with Gasteiger partial charge in [-0.1, -0.05) is 20.8 Å². The third-order valence-corrected chi connectivity index (χ3v) is 3.97. The average Bonchev–Trinajstić information content (AvgIpc) is 2.12. The highest BCUT2D eigenvalue weighted by Gasteiger charge is 2.18. The lowest BCUT2D eigenvalue weighted by atomic mass is 10.3. The number of sulfone groups is 1. The van der Waals surface area contributed by atoms with Gasteiger partial charge in [0.2, 0.25) is 5.91 Å². The second-order valence-electron chi connectivity index (χ2n) is 4.71. The summed E-state index contributed by atoms with van der Waals surface area (Å²) in [4.78, 5) is 11.4. The lowest BCUT2D eigenvalue weighted by Crippen LogP contribution is -2.41. The van der Waals surface area contributed by atoms with Crippen LogP contribution in [0.25, 0.3) is 0 Å². The van der Waals surface area contributed by atoms with Crippen molar-refractivity contribution in [3.05, 3.63) is 0 Å². The van der Waals surface area contributed by atoms with Crippen molar-refractivity contribution in [2.45, 2.75) is 33.7 Å². The Morgan fingerprint density at radius 2 is 1.82 bits per heavy atom. The van der Waals surface area contributed by atoms with Crippen LogP contribution < -0.4 is 10.6 Å². The van der Waals surface area contributed by atoms with Gasteiger partial charge < -0.3 is 10.6 Å². The van der Waals surface area contributed by atoms with E-state index < -0.39 is 21.5 Å². The zero-order valence-electron chi connectivity index (χ0n) is 11.1. The molecular weight excluding hydrogens is 240 g/mol. The molecule has 102 valence electrons. The smallest absolute Gasteiger partial charge is 0.235 e. The van der Waals surface area contributed by atoms with Crippen molar-refractivity contribution in [2.75, 3.05) is 24.6 Å². The number of hydrogen-bond acceptors (Lipinski definition) is 4. The molecule has 0 unspecified atom stereocenters. The van der Waals surface area contributed by atoms with Gasteiger partial charge in [0.05, 0.1) is 5.75 Å². The van der Waals surface area contributed by atoms with E-state index in [1.807, 2.05) is 27.7 Å². The third-order valence-electron chi connectivity index (χ3n) is 2.10. The van der Waals surface area contributed by atoms with Crippen LogP contribution >= 0.6 is 0 Å². The van der Waals surface area contributed by atoms with Crippen molar-refractivity contribution in [3.63, 3.8) is 0 Å². The van der Waals surface area contributed by atoms with Crippen molar-refractivity contribution in [1.82, 2.24) is 10.6 Å². The summed E-state index contributed by atoms with van der Waals surface area (Å²) in [6.07, 6.45) is 0. The van der Waals surface area contributed by atoms with Gasteiger partial charge in [0.1, 0.15) is 5.75 Å². The van der Waals surface area contributed by atoms with Crippen LogP contribution in [0.15, 0.2) is 0 Å². The molecule has 6 heteroatoms. The summed E-state index contributed by atoms with van der Waals surface area (Å²) < 4.78 is 23.1. The first kappa shape index (κ1) is 16.4. The molecule has 2 N–H and O–H groups in total. The standard InChI is InChI=1S/C11H24N2O3S/c1-5-12-10(4)6-13-11(14)8-17(15,16)7-9(2)3/h9-10,12H,5-8H2,1-4H3,(H,13,14)/t10-/m1/s1. The highest BCUT2D eigenvalue weighted by atomic mass is 32.2. The summed E-state index contributed by atoms with van der Waals surface area (Å²) in [6, 6.07) is 0.150. The summed E-state index contributed by atoms with van der Waals surface area (Å²) in [5, 5.41) is 5.75. The van der Waals surface area contributed by atoms with E-state index in [0.717, 1.165) is 6.54 Å². The van der Waals surface area contributed by atoms with Crippen LogP contribution in [0.1, 0.15) is 27.7 Å². The molecule has 1 amide bonds. The van der Waals surface area contributed by atoms with Crippen molar-refractivity contribution in [1.29, 1.82) is 0 Å². The van der Waals surface area contributed by atoms with Crippen LogP contribution in [0, 0.1) is 5.92 Å². The van der Waals surface area contributed by atoms with E-state index in [-0.39, 0.29) is 17.7 Å². The number of carbonyl (C=O) groups is 1. The minimum absolute atomic E-state index is 0.0495. The molecule has 0 saturated carbocycles. The van der Waals surface area contributed by atoms with Gasteiger partial charge in [-0.15, -0.1) is 0 Å². The average molecular weight is 264 g/mol. The SMILES string of the molecule is CCN[C@H](C)CNC(=O)CS(=O)(=O)CC(C)C. The fraction of sp³-hybridized carbons (Fsp3) is 0.909. The van der Waals surface area contributed by atoms with Crippen LogP contribution in [-0.4, -0.2) is 45.0 Å². The molecule has 0 aliphatic carbocycles. The highest BCUT2D eigenvalue weighted by Crippen LogP contribution is 2.00. The molecule has 0 aliphatic rings. The molecule has 17 heavy (non-hydrogen) atoms. The summed E-state index contributed by atoms with van der Waals surface area (Å²) in [5.41, 5.74) is 0. The number of nitrogens with one attached hydrogen (secondary N) is 2. The Hall–Kier alpha value is -0.620. The minimum Gasteiger partial charge on any atom is -0.354 e. The Kier molecular flexibility index (Phi) is 7.38. The van der Waals surface area contributed by atoms with Gasteiger partial charge in [0, 0.05) is 12.6 Å². The van der Waals surface area contributed by atoms with Crippen molar-refractivity contribution in [3.8, 4) is 0 Å². The van der Waals surface area contributed by atoms with E-state index in [1.165, 1.54) is 0 Å². The van der Waals surface area contributed by atoms with Gasteiger partial charge in [-0.2, -0.15) is 0 Å². The van der Waals surface area contributed by atoms with E-state index in [4.69, 9.17) is 0 Å². The Morgan fingerprint density at radius 3 is 2.29 bits per heavy atom. The lowest BCUT2D eigenvalue weighted by molar-refractivity contribution is -0.118. The van der Waals surface area contributed by atoms with Gasteiger partial charge in [0.25, 0.3) is 0 Å². The maximum Gasteiger partial charge on any atom is 0.235 e. The van der Waals surface area contributed by atoms with Gasteiger partial charge >= 0.3 is 0 Å². The maximum atomic E-state index is 11.5. The summed E-state index contributed by atoms with van der Waals surface area (Å²) in [5.74, 6) is -0.725. The minimum atomic E-state index is -3.27. The predicted octanol–water partition coefficient (Wildman–Crippen LogP) is 0.171. The van der Waals surface area contributed by atoms with Gasteiger partial charge in [-0.25, -0.2) is 8.42 Å². The van der Waals surface area contributed by atoms with E-state index >= 15 is 0 Å². The summed E-state index contributed by atoms with van der Waals surface area (Å²) in [7, 11) is -3.27. The van der Waals surface area contributed by atoms with Crippen LogP contribution in [0.3, 0.4) is 0 Å². The zero-order chi connectivity index (χ0) is 13.5. The molecule has 0 aliphatic heterocycles. The molecule has 0 aromatic heterocycles. The van der Waals surface area contributed by atoms with Crippen LogP contribution in [0.5, 0.6) is 0 Å². The van der Waals surface area contributed by atoms with E-state index in [9.17, 15) is 13.2 Å². The Labute approximate surface area is 104 Å². The molecule has 0 radical (unpaired) electrons. The quantitative estimate of drug-likeness (QED) is 0.655. The predicted molar refractivity (Wildman–Crippen MR) is 69.6 cm³/mol. The molecular formula is C11H24N2O3S. The monoisotopic (exact) mass is 264 g/mol. The third kappa shape index (κ3) is 9.12. The molecule has 0 heterocycles. The van der Waals surface area contributed by atoms with Crippen LogP contribution in [0.4, 0.5) is 0 Å². The molecule has 0 aromatic carbocycles. The number of hydrogen-bond donors (Lipinski definition) is 2. The van der Waals surface area contributed by atoms with E-state index in [2.05, 4.69) is 10.6 Å². The number of rotatable bonds is 8. The zero-order valence-corrected chi connectivity index (χ0v) is 11.9. The summed E-state index contributed by atoms with van der Waals surface area (Å²) in [6.45, 7) is 8.83. The molecule has 5 nitrogen and oxygen atoms in total.